The second-order valence-electron chi connectivity index (χ2n) is 5.13. The molecule has 0 saturated heterocycles. The number of rotatable bonds is 4. The monoisotopic (exact) mass is 281 g/mol. The summed E-state index contributed by atoms with van der Waals surface area (Å²) in [5, 5.41) is 12.0. The van der Waals surface area contributed by atoms with E-state index in [1.165, 1.54) is 0 Å². The van der Waals surface area contributed by atoms with Gasteiger partial charge >= 0.3 is 0 Å². The van der Waals surface area contributed by atoms with E-state index in [4.69, 9.17) is 11.6 Å². The Balaban J connectivity index is 1.84. The molecule has 2 N–H and O–H groups in total. The molecule has 3 unspecified atom stereocenters. The quantitative estimate of drug-likeness (QED) is 0.834. The van der Waals surface area contributed by atoms with Gasteiger partial charge in [0.2, 0.25) is 5.91 Å². The van der Waals surface area contributed by atoms with Gasteiger partial charge in [0, 0.05) is 12.5 Å². The van der Waals surface area contributed by atoms with Crippen LogP contribution in [0.3, 0.4) is 0 Å². The summed E-state index contributed by atoms with van der Waals surface area (Å²) < 4.78 is 0. The SMILES string of the molecule is O=C(NCC1CCCCC1O)C(Cl)c1ccccc1. The Bertz CT molecular complexity index is 410. The Labute approximate surface area is 119 Å². The second-order valence-corrected chi connectivity index (χ2v) is 5.57. The number of alkyl halides is 1. The lowest BCUT2D eigenvalue weighted by Crippen LogP contribution is -2.37. The minimum atomic E-state index is -0.665. The maximum atomic E-state index is 12.0. The van der Waals surface area contributed by atoms with Crippen LogP contribution < -0.4 is 5.32 Å². The van der Waals surface area contributed by atoms with Crippen LogP contribution in [0.5, 0.6) is 0 Å². The number of hydrogen-bond donors (Lipinski definition) is 2. The van der Waals surface area contributed by atoms with Crippen LogP contribution in [0, 0.1) is 5.92 Å². The third-order valence-corrected chi connectivity index (χ3v) is 4.18. The summed E-state index contributed by atoms with van der Waals surface area (Å²) in [5.74, 6) is -0.0250. The first kappa shape index (κ1) is 14.4. The summed E-state index contributed by atoms with van der Waals surface area (Å²) in [7, 11) is 0. The molecule has 1 aliphatic carbocycles. The number of halogens is 1. The molecule has 0 radical (unpaired) electrons. The van der Waals surface area contributed by atoms with Gasteiger partial charge in [-0.05, 0) is 18.4 Å². The van der Waals surface area contributed by atoms with Crippen molar-refractivity contribution in [1.82, 2.24) is 5.32 Å². The highest BCUT2D eigenvalue weighted by Gasteiger charge is 2.24. The summed E-state index contributed by atoms with van der Waals surface area (Å²) in [6.07, 6.45) is 3.72. The van der Waals surface area contributed by atoms with E-state index in [2.05, 4.69) is 5.32 Å². The molecule has 3 nitrogen and oxygen atoms in total. The molecule has 3 atom stereocenters. The molecule has 1 saturated carbocycles. The van der Waals surface area contributed by atoms with Gasteiger partial charge < -0.3 is 10.4 Å². The van der Waals surface area contributed by atoms with E-state index in [0.29, 0.717) is 6.54 Å². The molecule has 0 spiro atoms. The van der Waals surface area contributed by atoms with Crippen molar-refractivity contribution < 1.29 is 9.90 Å². The average Bonchev–Trinajstić information content (AvgIpc) is 2.46. The predicted octanol–water partition coefficient (Wildman–Crippen LogP) is 2.63. The standard InChI is InChI=1S/C15H20ClNO2/c16-14(11-6-2-1-3-7-11)15(19)17-10-12-8-4-5-9-13(12)18/h1-3,6-7,12-14,18H,4-5,8-10H2,(H,17,19). The highest BCUT2D eigenvalue weighted by Crippen LogP contribution is 2.24. The first-order chi connectivity index (χ1) is 9.18. The number of carbonyl (C=O) groups excluding carboxylic acids is 1. The minimum absolute atomic E-state index is 0.164. The van der Waals surface area contributed by atoms with Crippen molar-refractivity contribution in [2.24, 2.45) is 5.92 Å². The molecule has 1 aromatic carbocycles. The maximum Gasteiger partial charge on any atom is 0.242 e. The van der Waals surface area contributed by atoms with Gasteiger partial charge in [0.15, 0.2) is 0 Å². The van der Waals surface area contributed by atoms with Crippen LogP contribution in [0.15, 0.2) is 30.3 Å². The highest BCUT2D eigenvalue weighted by atomic mass is 35.5. The van der Waals surface area contributed by atoms with E-state index >= 15 is 0 Å². The zero-order chi connectivity index (χ0) is 13.7. The summed E-state index contributed by atoms with van der Waals surface area (Å²) >= 11 is 6.14. The van der Waals surface area contributed by atoms with E-state index in [9.17, 15) is 9.90 Å². The van der Waals surface area contributed by atoms with E-state index in [1.54, 1.807) is 0 Å². The number of amides is 1. The van der Waals surface area contributed by atoms with E-state index in [-0.39, 0.29) is 17.9 Å². The number of nitrogens with one attached hydrogen (secondary N) is 1. The van der Waals surface area contributed by atoms with Crippen molar-refractivity contribution in [3.8, 4) is 0 Å². The number of carbonyl (C=O) groups is 1. The Kier molecular flexibility index (Phi) is 5.23. The van der Waals surface area contributed by atoms with Crippen LogP contribution in [0.1, 0.15) is 36.6 Å². The van der Waals surface area contributed by atoms with Crippen LogP contribution in [-0.4, -0.2) is 23.7 Å². The minimum Gasteiger partial charge on any atom is -0.393 e. The number of aliphatic hydroxyl groups excluding tert-OH is 1. The van der Waals surface area contributed by atoms with Crippen molar-refractivity contribution in [1.29, 1.82) is 0 Å². The van der Waals surface area contributed by atoms with Gasteiger partial charge in [-0.1, -0.05) is 43.2 Å². The highest BCUT2D eigenvalue weighted by molar-refractivity contribution is 6.30. The molecule has 1 fully saturated rings. The topological polar surface area (TPSA) is 49.3 Å². The number of aliphatic hydroxyl groups is 1. The van der Waals surface area contributed by atoms with E-state index < -0.39 is 5.38 Å². The Hall–Kier alpha value is -1.06. The summed E-state index contributed by atoms with van der Waals surface area (Å²) in [4.78, 5) is 12.0. The molecule has 104 valence electrons. The third kappa shape index (κ3) is 3.95. The van der Waals surface area contributed by atoms with Gasteiger partial charge in [-0.2, -0.15) is 0 Å². The van der Waals surface area contributed by atoms with Crippen LogP contribution in [0.4, 0.5) is 0 Å². The first-order valence-corrected chi connectivity index (χ1v) is 7.27. The van der Waals surface area contributed by atoms with Gasteiger partial charge in [0.25, 0.3) is 0 Å². The lowest BCUT2D eigenvalue weighted by atomic mass is 9.86. The largest absolute Gasteiger partial charge is 0.393 e. The Morgan fingerprint density at radius 2 is 2.00 bits per heavy atom. The van der Waals surface area contributed by atoms with Crippen LogP contribution >= 0.6 is 11.6 Å². The van der Waals surface area contributed by atoms with Crippen LogP contribution in [0.25, 0.3) is 0 Å². The zero-order valence-corrected chi connectivity index (χ0v) is 11.6. The molecule has 1 aliphatic rings. The molecule has 1 amide bonds. The van der Waals surface area contributed by atoms with Gasteiger partial charge in [0.05, 0.1) is 6.10 Å². The maximum absolute atomic E-state index is 12.0. The van der Waals surface area contributed by atoms with Gasteiger partial charge in [-0.15, -0.1) is 11.6 Å². The fraction of sp³-hybridized carbons (Fsp3) is 0.533. The molecule has 0 aromatic heterocycles. The van der Waals surface area contributed by atoms with Crippen molar-refractivity contribution in [2.45, 2.75) is 37.2 Å². The van der Waals surface area contributed by atoms with E-state index in [1.807, 2.05) is 30.3 Å². The van der Waals surface area contributed by atoms with Crippen molar-refractivity contribution >= 4 is 17.5 Å². The zero-order valence-electron chi connectivity index (χ0n) is 10.9. The molecule has 0 bridgehead atoms. The van der Waals surface area contributed by atoms with Crippen molar-refractivity contribution in [3.63, 3.8) is 0 Å². The van der Waals surface area contributed by atoms with Crippen LogP contribution in [0.2, 0.25) is 0 Å². The summed E-state index contributed by atoms with van der Waals surface area (Å²) in [6.45, 7) is 0.510. The average molecular weight is 282 g/mol. The first-order valence-electron chi connectivity index (χ1n) is 6.83. The second kappa shape index (κ2) is 6.92. The summed E-state index contributed by atoms with van der Waals surface area (Å²) in [6, 6.07) is 9.30. The Morgan fingerprint density at radius 1 is 1.32 bits per heavy atom. The van der Waals surface area contributed by atoms with Crippen LogP contribution in [-0.2, 0) is 4.79 Å². The summed E-state index contributed by atoms with van der Waals surface area (Å²) in [5.41, 5.74) is 0.797. The van der Waals surface area contributed by atoms with E-state index in [0.717, 1.165) is 31.2 Å². The predicted molar refractivity (Wildman–Crippen MR) is 76.0 cm³/mol. The molecule has 0 aliphatic heterocycles. The smallest absolute Gasteiger partial charge is 0.242 e. The molecule has 4 heteroatoms. The molecular formula is C15H20ClNO2. The van der Waals surface area contributed by atoms with Gasteiger partial charge in [-0.3, -0.25) is 4.79 Å². The lowest BCUT2D eigenvalue weighted by molar-refractivity contribution is -0.121. The normalized spacial score (nSPS) is 24.7. The third-order valence-electron chi connectivity index (χ3n) is 3.73. The molecule has 0 heterocycles. The molecular weight excluding hydrogens is 262 g/mol. The fourth-order valence-electron chi connectivity index (χ4n) is 2.52. The number of benzene rings is 1. The molecule has 19 heavy (non-hydrogen) atoms. The van der Waals surface area contributed by atoms with Gasteiger partial charge in [-0.25, -0.2) is 0 Å². The molecule has 2 rings (SSSR count). The van der Waals surface area contributed by atoms with Gasteiger partial charge in [0.1, 0.15) is 5.38 Å². The van der Waals surface area contributed by atoms with Crippen molar-refractivity contribution in [3.05, 3.63) is 35.9 Å². The fourth-order valence-corrected chi connectivity index (χ4v) is 2.74. The lowest BCUT2D eigenvalue weighted by Gasteiger charge is -2.27. The van der Waals surface area contributed by atoms with Crippen molar-refractivity contribution in [2.75, 3.05) is 6.54 Å². The number of hydrogen-bond acceptors (Lipinski definition) is 2. The molecule has 1 aromatic rings. The Morgan fingerprint density at radius 3 is 2.68 bits per heavy atom.